The Balaban J connectivity index is 1.30. The van der Waals surface area contributed by atoms with Crippen LogP contribution in [0, 0.1) is 0 Å². The minimum absolute atomic E-state index is 0.0321. The lowest BCUT2D eigenvalue weighted by molar-refractivity contribution is -0.114. The van der Waals surface area contributed by atoms with Crippen molar-refractivity contribution in [3.63, 3.8) is 0 Å². The molecule has 2 heterocycles. The summed E-state index contributed by atoms with van der Waals surface area (Å²) in [5.74, 6) is -0.0917. The fraction of sp³-hybridized carbons (Fsp3) is 0.261. The van der Waals surface area contributed by atoms with Crippen molar-refractivity contribution in [2.24, 2.45) is 0 Å². The van der Waals surface area contributed by atoms with Crippen LogP contribution in [0.25, 0.3) is 11.3 Å². The summed E-state index contributed by atoms with van der Waals surface area (Å²) in [7, 11) is 0. The third-order valence-electron chi connectivity index (χ3n) is 5.09. The summed E-state index contributed by atoms with van der Waals surface area (Å²) in [4.78, 5) is 32.9. The molecule has 1 saturated heterocycles. The average Bonchev–Trinajstić information content (AvgIpc) is 3.23. The molecule has 1 aliphatic heterocycles. The fourth-order valence-corrected chi connectivity index (χ4v) is 4.35. The molecule has 0 atom stereocenters. The van der Waals surface area contributed by atoms with Crippen LogP contribution in [0.15, 0.2) is 60.0 Å². The summed E-state index contributed by atoms with van der Waals surface area (Å²) in [5, 5.41) is 5.92. The quantitative estimate of drug-likeness (QED) is 0.683. The second kappa shape index (κ2) is 9.19. The van der Waals surface area contributed by atoms with E-state index in [0.29, 0.717) is 24.3 Å². The van der Waals surface area contributed by atoms with Crippen molar-refractivity contribution in [2.45, 2.75) is 13.5 Å². The lowest BCUT2D eigenvalue weighted by Gasteiger charge is -2.34. The van der Waals surface area contributed by atoms with Gasteiger partial charge in [0.1, 0.15) is 5.01 Å². The number of carbonyl (C=O) groups excluding carboxylic acids is 2. The van der Waals surface area contributed by atoms with Crippen molar-refractivity contribution < 1.29 is 9.59 Å². The number of piperazine rings is 1. The molecular formula is C23H24N4O2S. The zero-order valence-electron chi connectivity index (χ0n) is 16.9. The number of nitrogens with one attached hydrogen (secondary N) is 1. The van der Waals surface area contributed by atoms with Crippen LogP contribution in [0.5, 0.6) is 0 Å². The first kappa shape index (κ1) is 20.3. The van der Waals surface area contributed by atoms with Gasteiger partial charge in [0, 0.05) is 55.3 Å². The maximum atomic E-state index is 12.8. The van der Waals surface area contributed by atoms with Crippen LogP contribution in [0.2, 0.25) is 0 Å². The summed E-state index contributed by atoms with van der Waals surface area (Å²) < 4.78 is 0. The molecule has 3 aromatic rings. The molecule has 7 heteroatoms. The Morgan fingerprint density at radius 1 is 1.00 bits per heavy atom. The summed E-state index contributed by atoms with van der Waals surface area (Å²) in [5.41, 5.74) is 3.50. The highest BCUT2D eigenvalue weighted by molar-refractivity contribution is 7.09. The normalized spacial score (nSPS) is 14.5. The smallest absolute Gasteiger partial charge is 0.253 e. The second-order valence-corrected chi connectivity index (χ2v) is 8.26. The Hall–Kier alpha value is -3.03. The van der Waals surface area contributed by atoms with Gasteiger partial charge in [-0.05, 0) is 24.3 Å². The molecule has 30 heavy (non-hydrogen) atoms. The summed E-state index contributed by atoms with van der Waals surface area (Å²) in [6.07, 6.45) is 0. The number of carbonyl (C=O) groups is 2. The summed E-state index contributed by atoms with van der Waals surface area (Å²) in [6, 6.07) is 17.3. The highest BCUT2D eigenvalue weighted by Crippen LogP contribution is 2.23. The number of hydrogen-bond acceptors (Lipinski definition) is 5. The molecule has 0 radical (unpaired) electrons. The fourth-order valence-electron chi connectivity index (χ4n) is 3.51. The molecule has 1 fully saturated rings. The monoisotopic (exact) mass is 420 g/mol. The molecule has 0 unspecified atom stereocenters. The van der Waals surface area contributed by atoms with Crippen LogP contribution >= 0.6 is 11.3 Å². The lowest BCUT2D eigenvalue weighted by Crippen LogP contribution is -2.48. The Morgan fingerprint density at radius 2 is 1.70 bits per heavy atom. The van der Waals surface area contributed by atoms with Crippen LogP contribution in [0.3, 0.4) is 0 Å². The zero-order valence-corrected chi connectivity index (χ0v) is 17.7. The van der Waals surface area contributed by atoms with Crippen molar-refractivity contribution in [3.8, 4) is 11.3 Å². The standard InChI is InChI=1S/C23H24N4O2S/c1-17(28)24-20-9-7-19(8-10-20)23(29)27-13-11-26(12-14-27)15-22-25-21(16-30-22)18-5-3-2-4-6-18/h2-10,16H,11-15H2,1H3,(H,24,28). The largest absolute Gasteiger partial charge is 0.336 e. The van der Waals surface area contributed by atoms with E-state index in [1.807, 2.05) is 23.1 Å². The number of nitrogens with zero attached hydrogens (tertiary/aromatic N) is 3. The van der Waals surface area contributed by atoms with Crippen molar-refractivity contribution in [2.75, 3.05) is 31.5 Å². The molecule has 0 bridgehead atoms. The molecule has 6 nitrogen and oxygen atoms in total. The van der Waals surface area contributed by atoms with Crippen LogP contribution in [-0.4, -0.2) is 52.8 Å². The van der Waals surface area contributed by atoms with Gasteiger partial charge in [-0.3, -0.25) is 14.5 Å². The number of benzene rings is 2. The van der Waals surface area contributed by atoms with E-state index >= 15 is 0 Å². The van der Waals surface area contributed by atoms with E-state index in [-0.39, 0.29) is 11.8 Å². The molecule has 1 aliphatic rings. The van der Waals surface area contributed by atoms with E-state index in [0.717, 1.165) is 35.9 Å². The maximum Gasteiger partial charge on any atom is 0.253 e. The summed E-state index contributed by atoms with van der Waals surface area (Å²) >= 11 is 1.68. The van der Waals surface area contributed by atoms with E-state index in [9.17, 15) is 9.59 Å². The van der Waals surface area contributed by atoms with Gasteiger partial charge in [0.25, 0.3) is 5.91 Å². The Morgan fingerprint density at radius 3 is 2.37 bits per heavy atom. The van der Waals surface area contributed by atoms with E-state index in [2.05, 4.69) is 27.7 Å². The second-order valence-electron chi connectivity index (χ2n) is 7.32. The highest BCUT2D eigenvalue weighted by Gasteiger charge is 2.22. The zero-order chi connectivity index (χ0) is 20.9. The van der Waals surface area contributed by atoms with Gasteiger partial charge in [-0.2, -0.15) is 0 Å². The Kier molecular flexibility index (Phi) is 6.21. The molecule has 4 rings (SSSR count). The van der Waals surface area contributed by atoms with E-state index < -0.39 is 0 Å². The average molecular weight is 421 g/mol. The van der Waals surface area contributed by atoms with Crippen LogP contribution in [0.1, 0.15) is 22.3 Å². The predicted octanol–water partition coefficient (Wildman–Crippen LogP) is 3.73. The van der Waals surface area contributed by atoms with Crippen molar-refractivity contribution in [1.29, 1.82) is 0 Å². The topological polar surface area (TPSA) is 65.5 Å². The number of aromatic nitrogens is 1. The number of rotatable bonds is 5. The maximum absolute atomic E-state index is 12.8. The Bertz CT molecular complexity index is 1010. The number of hydrogen-bond donors (Lipinski definition) is 1. The molecular weight excluding hydrogens is 396 g/mol. The minimum atomic E-state index is -0.124. The third kappa shape index (κ3) is 4.93. The first-order valence-electron chi connectivity index (χ1n) is 9.97. The molecule has 2 amide bonds. The van der Waals surface area contributed by atoms with E-state index in [4.69, 9.17) is 4.98 Å². The van der Waals surface area contributed by atoms with E-state index in [1.165, 1.54) is 6.92 Å². The van der Waals surface area contributed by atoms with Crippen LogP contribution < -0.4 is 5.32 Å². The molecule has 2 aromatic carbocycles. The number of thiazole rings is 1. The first-order chi connectivity index (χ1) is 14.6. The molecule has 0 spiro atoms. The Labute approximate surface area is 180 Å². The van der Waals surface area contributed by atoms with Crippen molar-refractivity contribution >= 4 is 28.8 Å². The number of anilines is 1. The lowest BCUT2D eigenvalue weighted by atomic mass is 10.1. The highest BCUT2D eigenvalue weighted by atomic mass is 32.1. The number of amides is 2. The SMILES string of the molecule is CC(=O)Nc1ccc(C(=O)N2CCN(Cc3nc(-c4ccccc4)cs3)CC2)cc1. The first-order valence-corrected chi connectivity index (χ1v) is 10.9. The molecule has 0 aliphatic carbocycles. The van der Waals surface area contributed by atoms with Crippen LogP contribution in [0.4, 0.5) is 5.69 Å². The molecule has 1 aromatic heterocycles. The van der Waals surface area contributed by atoms with Gasteiger partial charge >= 0.3 is 0 Å². The third-order valence-corrected chi connectivity index (χ3v) is 5.93. The molecule has 1 N–H and O–H groups in total. The van der Waals surface area contributed by atoms with E-state index in [1.54, 1.807) is 35.6 Å². The summed E-state index contributed by atoms with van der Waals surface area (Å²) in [6.45, 7) is 5.33. The van der Waals surface area contributed by atoms with Crippen molar-refractivity contribution in [1.82, 2.24) is 14.8 Å². The van der Waals surface area contributed by atoms with Gasteiger partial charge in [-0.1, -0.05) is 30.3 Å². The minimum Gasteiger partial charge on any atom is -0.336 e. The van der Waals surface area contributed by atoms with Crippen LogP contribution in [-0.2, 0) is 11.3 Å². The predicted molar refractivity (Wildman–Crippen MR) is 119 cm³/mol. The molecule has 0 saturated carbocycles. The van der Waals surface area contributed by atoms with Gasteiger partial charge in [0.05, 0.1) is 12.2 Å². The van der Waals surface area contributed by atoms with Crippen molar-refractivity contribution in [3.05, 3.63) is 70.5 Å². The van der Waals surface area contributed by atoms with Gasteiger partial charge in [0.2, 0.25) is 5.91 Å². The molecule has 154 valence electrons. The van der Waals surface area contributed by atoms with Gasteiger partial charge in [-0.15, -0.1) is 11.3 Å². The van der Waals surface area contributed by atoms with Gasteiger partial charge in [0.15, 0.2) is 0 Å². The van der Waals surface area contributed by atoms with Gasteiger partial charge < -0.3 is 10.2 Å². The van der Waals surface area contributed by atoms with Gasteiger partial charge in [-0.25, -0.2) is 4.98 Å².